The number of carbonyl (C=O) groups excluding carboxylic acids is 2. The minimum Gasteiger partial charge on any atom is -0.465 e. The summed E-state index contributed by atoms with van der Waals surface area (Å²) in [5.74, 6) is -0.808. The lowest BCUT2D eigenvalue weighted by atomic mass is 9.99. The first kappa shape index (κ1) is 11.0. The van der Waals surface area contributed by atoms with E-state index in [9.17, 15) is 9.59 Å². The van der Waals surface area contributed by atoms with Gasteiger partial charge in [0.05, 0.1) is 6.61 Å². The number of esters is 1. The van der Waals surface area contributed by atoms with Crippen LogP contribution in [0.1, 0.15) is 33.1 Å². The topological polar surface area (TPSA) is 43.4 Å². The number of allylic oxidation sites excluding steroid dienone is 2. The lowest BCUT2D eigenvalue weighted by Crippen LogP contribution is -2.18. The fourth-order valence-electron chi connectivity index (χ4n) is 1.47. The summed E-state index contributed by atoms with van der Waals surface area (Å²) in [6, 6.07) is 0. The molecule has 1 aliphatic heterocycles. The Hall–Kier alpha value is -1.12. The van der Waals surface area contributed by atoms with E-state index in [2.05, 4.69) is 0 Å². The Balaban J connectivity index is 2.35. The maximum Gasteiger partial charge on any atom is 0.316 e. The third-order valence-electron chi connectivity index (χ3n) is 2.27. The van der Waals surface area contributed by atoms with Crippen LogP contribution in [0.25, 0.3) is 0 Å². The van der Waals surface area contributed by atoms with Crippen LogP contribution in [0.5, 0.6) is 0 Å². The summed E-state index contributed by atoms with van der Waals surface area (Å²) in [5.41, 5.74) is 1.20. The number of rotatable bonds is 4. The second kappa shape index (κ2) is 4.94. The predicted molar refractivity (Wildman–Crippen MR) is 52.7 cm³/mol. The average molecular weight is 196 g/mol. The minimum atomic E-state index is -0.486. The zero-order valence-corrected chi connectivity index (χ0v) is 8.71. The average Bonchev–Trinajstić information content (AvgIpc) is 2.50. The van der Waals surface area contributed by atoms with Crippen LogP contribution in [0.3, 0.4) is 0 Å². The van der Waals surface area contributed by atoms with Crippen LogP contribution in [-0.2, 0) is 14.3 Å². The fourth-order valence-corrected chi connectivity index (χ4v) is 1.47. The van der Waals surface area contributed by atoms with Crippen LogP contribution >= 0.6 is 0 Å². The standard InChI is InChI=1S/C11H16O3/c1-8(2)4-3-5-10(12)9-6-7-14-11(9)13/h4,9H,3,5-7H2,1-2H3. The Morgan fingerprint density at radius 1 is 1.57 bits per heavy atom. The van der Waals surface area contributed by atoms with Gasteiger partial charge in [-0.15, -0.1) is 0 Å². The Morgan fingerprint density at radius 3 is 2.79 bits per heavy atom. The van der Waals surface area contributed by atoms with E-state index >= 15 is 0 Å². The van der Waals surface area contributed by atoms with Crippen molar-refractivity contribution in [1.82, 2.24) is 0 Å². The van der Waals surface area contributed by atoms with Gasteiger partial charge in [-0.25, -0.2) is 0 Å². The van der Waals surface area contributed by atoms with Gasteiger partial charge in [-0.3, -0.25) is 9.59 Å². The van der Waals surface area contributed by atoms with E-state index in [1.54, 1.807) is 0 Å². The number of hydrogen-bond acceptors (Lipinski definition) is 3. The van der Waals surface area contributed by atoms with Crippen molar-refractivity contribution in [3.05, 3.63) is 11.6 Å². The smallest absolute Gasteiger partial charge is 0.316 e. The van der Waals surface area contributed by atoms with Crippen molar-refractivity contribution in [3.63, 3.8) is 0 Å². The quantitative estimate of drug-likeness (QED) is 0.391. The lowest BCUT2D eigenvalue weighted by Gasteiger charge is -2.02. The van der Waals surface area contributed by atoms with Crippen molar-refractivity contribution in [3.8, 4) is 0 Å². The van der Waals surface area contributed by atoms with E-state index in [-0.39, 0.29) is 11.8 Å². The summed E-state index contributed by atoms with van der Waals surface area (Å²) in [6.45, 7) is 4.39. The second-order valence-corrected chi connectivity index (χ2v) is 3.80. The van der Waals surface area contributed by atoms with E-state index in [0.717, 1.165) is 6.42 Å². The number of ether oxygens (including phenoxy) is 1. The molecule has 14 heavy (non-hydrogen) atoms. The van der Waals surface area contributed by atoms with Gasteiger partial charge in [-0.2, -0.15) is 0 Å². The summed E-state index contributed by atoms with van der Waals surface area (Å²) in [6.07, 6.45) is 3.75. The van der Waals surface area contributed by atoms with Crippen LogP contribution in [0.15, 0.2) is 11.6 Å². The first-order valence-corrected chi connectivity index (χ1v) is 4.94. The largest absolute Gasteiger partial charge is 0.465 e. The van der Waals surface area contributed by atoms with Gasteiger partial charge < -0.3 is 4.74 Å². The monoisotopic (exact) mass is 196 g/mol. The summed E-state index contributed by atoms with van der Waals surface area (Å²) < 4.78 is 4.74. The van der Waals surface area contributed by atoms with Gasteiger partial charge in [0.25, 0.3) is 0 Å². The van der Waals surface area contributed by atoms with Crippen LogP contribution in [0, 0.1) is 5.92 Å². The molecule has 0 amide bonds. The van der Waals surface area contributed by atoms with Gasteiger partial charge in [0.2, 0.25) is 0 Å². The molecule has 0 saturated carbocycles. The molecule has 0 aliphatic carbocycles. The highest BCUT2D eigenvalue weighted by atomic mass is 16.5. The molecule has 0 aromatic carbocycles. The molecule has 1 aliphatic rings. The lowest BCUT2D eigenvalue weighted by molar-refractivity contribution is -0.144. The second-order valence-electron chi connectivity index (χ2n) is 3.80. The molecule has 78 valence electrons. The first-order valence-electron chi connectivity index (χ1n) is 4.94. The number of Topliss-reactive ketones (excluding diaryl/α,β-unsaturated/α-hetero) is 1. The highest BCUT2D eigenvalue weighted by Gasteiger charge is 2.32. The SMILES string of the molecule is CC(C)=CCCC(=O)C1CCOC1=O. The van der Waals surface area contributed by atoms with Gasteiger partial charge in [0.1, 0.15) is 11.7 Å². The first-order chi connectivity index (χ1) is 6.61. The number of carbonyl (C=O) groups is 2. The number of hydrogen-bond donors (Lipinski definition) is 0. The molecule has 1 saturated heterocycles. The molecule has 1 atom stereocenters. The van der Waals surface area contributed by atoms with Crippen molar-refractivity contribution >= 4 is 11.8 Å². The predicted octanol–water partition coefficient (Wildman–Crippen LogP) is 1.86. The molecule has 0 N–H and O–H groups in total. The third-order valence-corrected chi connectivity index (χ3v) is 2.27. The Labute approximate surface area is 84.1 Å². The molecule has 1 heterocycles. The van der Waals surface area contributed by atoms with Gasteiger partial charge in [0.15, 0.2) is 0 Å². The Bertz CT molecular complexity index is 262. The summed E-state index contributed by atoms with van der Waals surface area (Å²) in [5, 5.41) is 0. The molecule has 3 heteroatoms. The van der Waals surface area contributed by atoms with E-state index in [1.165, 1.54) is 5.57 Å². The minimum absolute atomic E-state index is 0.0185. The van der Waals surface area contributed by atoms with Gasteiger partial charge >= 0.3 is 5.97 Å². The summed E-state index contributed by atoms with van der Waals surface area (Å²) >= 11 is 0. The zero-order valence-electron chi connectivity index (χ0n) is 8.71. The van der Waals surface area contributed by atoms with E-state index in [4.69, 9.17) is 4.74 Å². The van der Waals surface area contributed by atoms with Crippen molar-refractivity contribution < 1.29 is 14.3 Å². The Kier molecular flexibility index (Phi) is 3.86. The number of cyclic esters (lactones) is 1. The molecule has 0 aromatic heterocycles. The van der Waals surface area contributed by atoms with Crippen LogP contribution in [0.2, 0.25) is 0 Å². The number of ketones is 1. The van der Waals surface area contributed by atoms with Crippen LogP contribution in [-0.4, -0.2) is 18.4 Å². The fraction of sp³-hybridized carbons (Fsp3) is 0.636. The van der Waals surface area contributed by atoms with Gasteiger partial charge in [-0.05, 0) is 20.3 Å². The van der Waals surface area contributed by atoms with Crippen LogP contribution in [0.4, 0.5) is 0 Å². The van der Waals surface area contributed by atoms with Gasteiger partial charge in [-0.1, -0.05) is 11.6 Å². The van der Waals surface area contributed by atoms with E-state index in [1.807, 2.05) is 19.9 Å². The van der Waals surface area contributed by atoms with Crippen molar-refractivity contribution in [2.75, 3.05) is 6.61 Å². The molecule has 1 unspecified atom stereocenters. The molecular formula is C11H16O3. The normalized spacial score (nSPS) is 20.4. The van der Waals surface area contributed by atoms with Crippen LogP contribution < -0.4 is 0 Å². The third kappa shape index (κ3) is 2.98. The molecule has 0 radical (unpaired) electrons. The molecule has 0 aromatic rings. The van der Waals surface area contributed by atoms with E-state index in [0.29, 0.717) is 19.4 Å². The maximum absolute atomic E-state index is 11.5. The van der Waals surface area contributed by atoms with Crippen molar-refractivity contribution in [2.24, 2.45) is 5.92 Å². The summed E-state index contributed by atoms with van der Waals surface area (Å²) in [7, 11) is 0. The van der Waals surface area contributed by atoms with Crippen molar-refractivity contribution in [2.45, 2.75) is 33.1 Å². The van der Waals surface area contributed by atoms with E-state index < -0.39 is 5.92 Å². The Morgan fingerprint density at radius 2 is 2.29 bits per heavy atom. The molecule has 0 spiro atoms. The zero-order chi connectivity index (χ0) is 10.6. The molecule has 1 fully saturated rings. The molecule has 1 rings (SSSR count). The highest BCUT2D eigenvalue weighted by molar-refractivity contribution is 5.99. The highest BCUT2D eigenvalue weighted by Crippen LogP contribution is 2.17. The summed E-state index contributed by atoms with van der Waals surface area (Å²) in [4.78, 5) is 22.6. The molecule has 0 bridgehead atoms. The molecular weight excluding hydrogens is 180 g/mol. The maximum atomic E-state index is 11.5. The van der Waals surface area contributed by atoms with Crippen molar-refractivity contribution in [1.29, 1.82) is 0 Å². The van der Waals surface area contributed by atoms with Gasteiger partial charge in [0, 0.05) is 12.8 Å². The molecule has 3 nitrogen and oxygen atoms in total.